The van der Waals surface area contributed by atoms with Gasteiger partial charge in [0.05, 0.1) is 10.7 Å². The van der Waals surface area contributed by atoms with E-state index in [4.69, 9.17) is 33.7 Å². The molecule has 0 saturated heterocycles. The number of thiophene rings is 1. The third-order valence-electron chi connectivity index (χ3n) is 4.73. The molecule has 0 aliphatic rings. The largest absolute Gasteiger partial charge is 0.470 e. The van der Waals surface area contributed by atoms with Gasteiger partial charge in [0.1, 0.15) is 21.2 Å². The monoisotopic (exact) mass is 543 g/mol. The minimum Gasteiger partial charge on any atom is -0.470 e. The molecular formula is C21H14Cl2F3N5O3S. The Kier molecular flexibility index (Phi) is 6.62. The van der Waals surface area contributed by atoms with Crippen molar-refractivity contribution in [3.05, 3.63) is 68.4 Å². The van der Waals surface area contributed by atoms with Crippen molar-refractivity contribution < 1.29 is 27.5 Å². The number of hydrogen-bond acceptors (Lipinski definition) is 6. The number of nitrogens with two attached hydrogens (primary N) is 1. The SMILES string of the molecule is Cc1cc(C(F)(F)F)nc2sc(C(N)=O)c(NC(=O)c3ccn(COc4ccc(Cl)cc4Cl)n3)c12. The number of rotatable bonds is 6. The van der Waals surface area contributed by atoms with Crippen molar-refractivity contribution in [2.24, 2.45) is 5.73 Å². The second-order valence-electron chi connectivity index (χ2n) is 7.22. The Labute approximate surface area is 209 Å². The summed E-state index contributed by atoms with van der Waals surface area (Å²) in [6, 6.07) is 6.92. The van der Waals surface area contributed by atoms with Crippen molar-refractivity contribution in [2.75, 3.05) is 5.32 Å². The van der Waals surface area contributed by atoms with Crippen LogP contribution in [-0.4, -0.2) is 26.6 Å². The highest BCUT2D eigenvalue weighted by Gasteiger charge is 2.34. The van der Waals surface area contributed by atoms with Crippen LogP contribution in [0.5, 0.6) is 5.75 Å². The van der Waals surface area contributed by atoms with Gasteiger partial charge in [-0.1, -0.05) is 23.2 Å². The Morgan fingerprint density at radius 3 is 2.63 bits per heavy atom. The normalized spacial score (nSPS) is 11.6. The predicted molar refractivity (Wildman–Crippen MR) is 125 cm³/mol. The summed E-state index contributed by atoms with van der Waals surface area (Å²) < 4.78 is 46.3. The van der Waals surface area contributed by atoms with Gasteiger partial charge in [-0.2, -0.15) is 18.3 Å². The first-order valence-corrected chi connectivity index (χ1v) is 11.2. The number of hydrogen-bond donors (Lipinski definition) is 2. The quantitative estimate of drug-likeness (QED) is 0.332. The Morgan fingerprint density at radius 2 is 1.97 bits per heavy atom. The second kappa shape index (κ2) is 9.36. The number of ether oxygens (including phenoxy) is 1. The predicted octanol–water partition coefficient (Wildman–Crippen LogP) is 5.51. The third-order valence-corrected chi connectivity index (χ3v) is 6.36. The number of primary amides is 1. The first-order chi connectivity index (χ1) is 16.4. The molecule has 1 aromatic carbocycles. The second-order valence-corrected chi connectivity index (χ2v) is 9.06. The molecule has 2 amide bonds. The van der Waals surface area contributed by atoms with E-state index >= 15 is 0 Å². The van der Waals surface area contributed by atoms with E-state index < -0.39 is 23.7 Å². The molecule has 0 saturated carbocycles. The summed E-state index contributed by atoms with van der Waals surface area (Å²) in [6.07, 6.45) is -3.20. The van der Waals surface area contributed by atoms with Crippen LogP contribution in [-0.2, 0) is 12.9 Å². The summed E-state index contributed by atoms with van der Waals surface area (Å²) in [7, 11) is 0. The molecule has 0 fully saturated rings. The molecule has 8 nitrogen and oxygen atoms in total. The molecule has 4 rings (SSSR count). The fourth-order valence-corrected chi connectivity index (χ4v) is 4.70. The summed E-state index contributed by atoms with van der Waals surface area (Å²) in [6.45, 7) is 1.34. The van der Waals surface area contributed by atoms with Gasteiger partial charge >= 0.3 is 6.18 Å². The Bertz CT molecular complexity index is 1470. The minimum atomic E-state index is -4.68. The summed E-state index contributed by atoms with van der Waals surface area (Å²) in [4.78, 5) is 28.2. The van der Waals surface area contributed by atoms with Crippen molar-refractivity contribution in [2.45, 2.75) is 19.8 Å². The minimum absolute atomic E-state index is 0.0278. The number of nitrogens with one attached hydrogen (secondary N) is 1. The molecule has 35 heavy (non-hydrogen) atoms. The molecule has 0 spiro atoms. The number of nitrogens with zero attached hydrogens (tertiary/aromatic N) is 3. The average molecular weight is 544 g/mol. The summed E-state index contributed by atoms with van der Waals surface area (Å²) in [5.41, 5.74) is 4.39. The van der Waals surface area contributed by atoms with Crippen LogP contribution in [0.25, 0.3) is 10.2 Å². The lowest BCUT2D eigenvalue weighted by Gasteiger charge is -2.09. The molecule has 0 radical (unpaired) electrons. The van der Waals surface area contributed by atoms with E-state index in [-0.39, 0.29) is 38.8 Å². The highest BCUT2D eigenvalue weighted by molar-refractivity contribution is 7.21. The van der Waals surface area contributed by atoms with E-state index in [2.05, 4.69) is 15.4 Å². The Morgan fingerprint density at radius 1 is 1.23 bits per heavy atom. The van der Waals surface area contributed by atoms with E-state index in [1.54, 1.807) is 12.1 Å². The molecule has 0 bridgehead atoms. The van der Waals surface area contributed by atoms with Crippen LogP contribution in [0.15, 0.2) is 36.5 Å². The van der Waals surface area contributed by atoms with Crippen molar-refractivity contribution >= 4 is 62.3 Å². The van der Waals surface area contributed by atoms with Gasteiger partial charge in [0.15, 0.2) is 12.4 Å². The number of fused-ring (bicyclic) bond motifs is 1. The number of aryl methyl sites for hydroxylation is 1. The van der Waals surface area contributed by atoms with Crippen molar-refractivity contribution in [3.8, 4) is 5.75 Å². The average Bonchev–Trinajstić information content (AvgIpc) is 3.38. The summed E-state index contributed by atoms with van der Waals surface area (Å²) in [5, 5.41) is 7.56. The number of amides is 2. The summed E-state index contributed by atoms with van der Waals surface area (Å²) in [5.74, 6) is -1.28. The maximum atomic E-state index is 13.2. The maximum Gasteiger partial charge on any atom is 0.433 e. The van der Waals surface area contributed by atoms with Crippen molar-refractivity contribution in [1.82, 2.24) is 14.8 Å². The standard InChI is InChI=1S/C21H14Cl2F3N5O3S/c1-9-6-14(21(24,25)26)28-20-15(9)16(17(35-20)18(27)32)29-19(33)12-4-5-31(30-12)8-34-13-3-2-10(22)7-11(13)23/h2-7H,8H2,1H3,(H2,27,32)(H,29,33). The van der Waals surface area contributed by atoms with Crippen LogP contribution in [0.2, 0.25) is 10.0 Å². The molecule has 0 aliphatic carbocycles. The maximum absolute atomic E-state index is 13.2. The number of halogens is 5. The summed E-state index contributed by atoms with van der Waals surface area (Å²) >= 11 is 12.6. The number of carbonyl (C=O) groups excluding carboxylic acids is 2. The zero-order valence-corrected chi connectivity index (χ0v) is 19.9. The number of carbonyl (C=O) groups is 2. The highest BCUT2D eigenvalue weighted by atomic mass is 35.5. The van der Waals surface area contributed by atoms with Gasteiger partial charge < -0.3 is 15.8 Å². The molecule has 3 heterocycles. The lowest BCUT2D eigenvalue weighted by atomic mass is 10.1. The number of alkyl halides is 3. The lowest BCUT2D eigenvalue weighted by Crippen LogP contribution is -2.18. The van der Waals surface area contributed by atoms with E-state index in [9.17, 15) is 22.8 Å². The third kappa shape index (κ3) is 5.19. The molecule has 4 aromatic rings. The number of pyridine rings is 1. The highest BCUT2D eigenvalue weighted by Crippen LogP contribution is 2.39. The van der Waals surface area contributed by atoms with Gasteiger partial charge in [0.2, 0.25) is 0 Å². The Balaban J connectivity index is 1.58. The van der Waals surface area contributed by atoms with Crippen LogP contribution in [0.3, 0.4) is 0 Å². The lowest BCUT2D eigenvalue weighted by molar-refractivity contribution is -0.141. The molecule has 3 N–H and O–H groups in total. The molecule has 3 aromatic heterocycles. The van der Waals surface area contributed by atoms with Crippen molar-refractivity contribution in [3.63, 3.8) is 0 Å². The number of benzene rings is 1. The van der Waals surface area contributed by atoms with Gasteiger partial charge in [-0.05, 0) is 42.8 Å². The molecule has 14 heteroatoms. The fourth-order valence-electron chi connectivity index (χ4n) is 3.18. The molecule has 0 aliphatic heterocycles. The molecule has 0 unspecified atom stereocenters. The van der Waals surface area contributed by atoms with Gasteiger partial charge in [-0.3, -0.25) is 9.59 Å². The zero-order valence-electron chi connectivity index (χ0n) is 17.6. The molecular weight excluding hydrogens is 530 g/mol. The smallest absolute Gasteiger partial charge is 0.433 e. The van der Waals surface area contributed by atoms with Gasteiger partial charge in [0.25, 0.3) is 11.8 Å². The molecule has 0 atom stereocenters. The molecule has 182 valence electrons. The Hall–Kier alpha value is -3.35. The van der Waals surface area contributed by atoms with Gasteiger partial charge in [0, 0.05) is 16.6 Å². The van der Waals surface area contributed by atoms with Crippen LogP contribution in [0.1, 0.15) is 31.4 Å². The van der Waals surface area contributed by atoms with E-state index in [0.29, 0.717) is 27.1 Å². The fraction of sp³-hybridized carbons (Fsp3) is 0.143. The van der Waals surface area contributed by atoms with E-state index in [1.807, 2.05) is 0 Å². The van der Waals surface area contributed by atoms with Crippen molar-refractivity contribution in [1.29, 1.82) is 0 Å². The van der Waals surface area contributed by atoms with Gasteiger partial charge in [-0.15, -0.1) is 11.3 Å². The first-order valence-electron chi connectivity index (χ1n) is 9.68. The van der Waals surface area contributed by atoms with Crippen LogP contribution < -0.4 is 15.8 Å². The van der Waals surface area contributed by atoms with Crippen LogP contribution in [0, 0.1) is 6.92 Å². The van der Waals surface area contributed by atoms with Gasteiger partial charge in [-0.25, -0.2) is 9.67 Å². The van der Waals surface area contributed by atoms with E-state index in [0.717, 1.165) is 6.07 Å². The first kappa shape index (κ1) is 24.8. The number of aromatic nitrogens is 3. The zero-order chi connectivity index (χ0) is 25.5. The topological polar surface area (TPSA) is 112 Å². The van der Waals surface area contributed by atoms with Crippen LogP contribution >= 0.6 is 34.5 Å². The van der Waals surface area contributed by atoms with Crippen LogP contribution in [0.4, 0.5) is 18.9 Å². The van der Waals surface area contributed by atoms with E-state index in [1.165, 1.54) is 29.9 Å². The number of anilines is 1.